The number of hydrogen-bond acceptors (Lipinski definition) is 7. The van der Waals surface area contributed by atoms with Gasteiger partial charge in [-0.15, -0.1) is 0 Å². The number of amides is 1. The van der Waals surface area contributed by atoms with Gasteiger partial charge in [0.2, 0.25) is 0 Å². The topological polar surface area (TPSA) is 69.0 Å². The molecular weight excluding hydrogens is 470 g/mol. The van der Waals surface area contributed by atoms with Crippen LogP contribution in [0.2, 0.25) is 0 Å². The molecule has 2 aromatic carbocycles. The molecule has 4 rings (SSSR count). The van der Waals surface area contributed by atoms with Gasteiger partial charge in [-0.2, -0.15) is 0 Å². The summed E-state index contributed by atoms with van der Waals surface area (Å²) in [5.74, 6) is 1.33. The Hall–Kier alpha value is -3.36. The van der Waals surface area contributed by atoms with Gasteiger partial charge in [0.25, 0.3) is 5.91 Å². The SMILES string of the molecule is CCCCOC(=O)c1ccc(-c2ccc(C=C3SC(=S)N(c4ccc(OC)cc4)C3=O)o2)cc1. The van der Waals surface area contributed by atoms with E-state index >= 15 is 0 Å². The number of thiocarbonyl (C=S) groups is 1. The van der Waals surface area contributed by atoms with Crippen molar-refractivity contribution in [2.45, 2.75) is 19.8 Å². The van der Waals surface area contributed by atoms with E-state index < -0.39 is 0 Å². The molecule has 0 N–H and O–H groups in total. The number of carbonyl (C=O) groups is 2. The third-order valence-corrected chi connectivity index (χ3v) is 6.46. The average Bonchev–Trinajstić information content (AvgIpc) is 3.43. The molecule has 0 saturated carbocycles. The summed E-state index contributed by atoms with van der Waals surface area (Å²) >= 11 is 6.66. The van der Waals surface area contributed by atoms with Crippen molar-refractivity contribution in [2.24, 2.45) is 0 Å². The van der Waals surface area contributed by atoms with E-state index in [-0.39, 0.29) is 11.9 Å². The number of carbonyl (C=O) groups excluding carboxylic acids is 2. The number of unbranched alkanes of at least 4 members (excludes halogenated alkanes) is 1. The highest BCUT2D eigenvalue weighted by molar-refractivity contribution is 8.27. The molecule has 1 fully saturated rings. The monoisotopic (exact) mass is 493 g/mol. The number of ether oxygens (including phenoxy) is 2. The molecule has 6 nitrogen and oxygen atoms in total. The largest absolute Gasteiger partial charge is 0.497 e. The second-order valence-corrected chi connectivity index (χ2v) is 9.16. The third-order valence-electron chi connectivity index (χ3n) is 5.16. The summed E-state index contributed by atoms with van der Waals surface area (Å²) in [7, 11) is 1.59. The molecular formula is C26H23NO5S2. The molecule has 1 aliphatic rings. The highest BCUT2D eigenvalue weighted by Gasteiger charge is 2.33. The lowest BCUT2D eigenvalue weighted by Crippen LogP contribution is -2.27. The number of anilines is 1. The molecule has 1 aliphatic heterocycles. The predicted molar refractivity (Wildman–Crippen MR) is 138 cm³/mol. The minimum absolute atomic E-state index is 0.205. The van der Waals surface area contributed by atoms with Crippen LogP contribution in [0, 0.1) is 0 Å². The smallest absolute Gasteiger partial charge is 0.338 e. The lowest BCUT2D eigenvalue weighted by Gasteiger charge is -2.14. The first-order chi connectivity index (χ1) is 16.5. The van der Waals surface area contributed by atoms with E-state index in [9.17, 15) is 9.59 Å². The normalized spacial score (nSPS) is 14.6. The summed E-state index contributed by atoms with van der Waals surface area (Å²) in [5.41, 5.74) is 1.99. The van der Waals surface area contributed by atoms with Gasteiger partial charge in [0.05, 0.1) is 29.9 Å². The van der Waals surface area contributed by atoms with Crippen molar-refractivity contribution < 1.29 is 23.5 Å². The van der Waals surface area contributed by atoms with Crippen LogP contribution in [-0.4, -0.2) is 29.9 Å². The fourth-order valence-electron chi connectivity index (χ4n) is 3.30. The highest BCUT2D eigenvalue weighted by Crippen LogP contribution is 2.37. The fourth-order valence-corrected chi connectivity index (χ4v) is 4.58. The van der Waals surface area contributed by atoms with Crippen molar-refractivity contribution in [3.8, 4) is 17.1 Å². The van der Waals surface area contributed by atoms with Gasteiger partial charge in [0, 0.05) is 11.6 Å². The predicted octanol–water partition coefficient (Wildman–Crippen LogP) is 6.32. The molecule has 34 heavy (non-hydrogen) atoms. The molecule has 8 heteroatoms. The van der Waals surface area contributed by atoms with Crippen molar-refractivity contribution >= 4 is 51.9 Å². The van der Waals surface area contributed by atoms with E-state index in [1.807, 2.05) is 25.1 Å². The average molecular weight is 494 g/mol. The summed E-state index contributed by atoms with van der Waals surface area (Å²) in [5, 5.41) is 0. The number of thioether (sulfide) groups is 1. The van der Waals surface area contributed by atoms with E-state index in [2.05, 4.69) is 0 Å². The molecule has 0 atom stereocenters. The number of methoxy groups -OCH3 is 1. The summed E-state index contributed by atoms with van der Waals surface area (Å²) in [6.07, 6.45) is 3.50. The molecule has 174 valence electrons. The summed E-state index contributed by atoms with van der Waals surface area (Å²) in [4.78, 5) is 27.0. The van der Waals surface area contributed by atoms with Gasteiger partial charge in [0.1, 0.15) is 17.3 Å². The van der Waals surface area contributed by atoms with Gasteiger partial charge in [-0.3, -0.25) is 9.69 Å². The summed E-state index contributed by atoms with van der Waals surface area (Å²) < 4.78 is 16.8. The van der Waals surface area contributed by atoms with Crippen LogP contribution in [0.25, 0.3) is 17.4 Å². The molecule has 0 bridgehead atoms. The summed E-state index contributed by atoms with van der Waals surface area (Å²) in [6, 6.07) is 17.8. The Kier molecular flexibility index (Phi) is 7.49. The standard InChI is InChI=1S/C26H23NO5S2/c1-3-4-15-31-25(29)18-7-5-17(6-8-18)22-14-13-21(32-22)16-23-24(28)27(26(33)34-23)19-9-11-20(30-2)12-10-19/h5-14,16H,3-4,15H2,1-2H3. The van der Waals surface area contributed by atoms with Crippen molar-refractivity contribution in [2.75, 3.05) is 18.6 Å². The second-order valence-electron chi connectivity index (χ2n) is 7.48. The number of benzene rings is 2. The molecule has 1 aromatic heterocycles. The molecule has 3 aromatic rings. The third kappa shape index (κ3) is 5.24. The van der Waals surface area contributed by atoms with Gasteiger partial charge in [-0.1, -0.05) is 49.5 Å². The van der Waals surface area contributed by atoms with Gasteiger partial charge in [0.15, 0.2) is 4.32 Å². The quantitative estimate of drug-likeness (QED) is 0.157. The Balaban J connectivity index is 1.46. The first-order valence-corrected chi connectivity index (χ1v) is 12.0. The molecule has 0 spiro atoms. The van der Waals surface area contributed by atoms with Crippen LogP contribution in [0.5, 0.6) is 5.75 Å². The van der Waals surface area contributed by atoms with Gasteiger partial charge in [-0.25, -0.2) is 4.79 Å². The zero-order chi connectivity index (χ0) is 24.1. The molecule has 1 saturated heterocycles. The zero-order valence-corrected chi connectivity index (χ0v) is 20.4. The lowest BCUT2D eigenvalue weighted by atomic mass is 10.1. The van der Waals surface area contributed by atoms with Crippen LogP contribution < -0.4 is 9.64 Å². The number of nitrogens with zero attached hydrogens (tertiary/aromatic N) is 1. The van der Waals surface area contributed by atoms with Crippen molar-refractivity contribution in [3.05, 3.63) is 76.9 Å². The first-order valence-electron chi connectivity index (χ1n) is 10.8. The number of rotatable bonds is 8. The maximum atomic E-state index is 13.0. The molecule has 1 amide bonds. The molecule has 0 unspecified atom stereocenters. The van der Waals surface area contributed by atoms with Gasteiger partial charge in [-0.05, 0) is 55.0 Å². The van der Waals surface area contributed by atoms with Crippen LogP contribution in [0.1, 0.15) is 35.9 Å². The van der Waals surface area contributed by atoms with Crippen LogP contribution in [0.15, 0.2) is 70.0 Å². The summed E-state index contributed by atoms with van der Waals surface area (Å²) in [6.45, 7) is 2.46. The van der Waals surface area contributed by atoms with Crippen LogP contribution in [-0.2, 0) is 9.53 Å². The van der Waals surface area contributed by atoms with E-state index in [0.29, 0.717) is 44.4 Å². The van der Waals surface area contributed by atoms with Gasteiger partial charge >= 0.3 is 5.97 Å². The Morgan fingerprint density at radius 3 is 2.50 bits per heavy atom. The zero-order valence-electron chi connectivity index (χ0n) is 18.8. The minimum atomic E-state index is -0.334. The maximum Gasteiger partial charge on any atom is 0.338 e. The Morgan fingerprint density at radius 1 is 1.09 bits per heavy atom. The number of esters is 1. The van der Waals surface area contributed by atoms with Crippen LogP contribution >= 0.6 is 24.0 Å². The number of furan rings is 1. The maximum absolute atomic E-state index is 13.0. The van der Waals surface area contributed by atoms with Crippen molar-refractivity contribution in [1.29, 1.82) is 0 Å². The molecule has 2 heterocycles. The second kappa shape index (κ2) is 10.7. The van der Waals surface area contributed by atoms with Crippen LogP contribution in [0.4, 0.5) is 5.69 Å². The number of hydrogen-bond donors (Lipinski definition) is 0. The first kappa shape index (κ1) is 23.8. The Morgan fingerprint density at radius 2 is 1.82 bits per heavy atom. The van der Waals surface area contributed by atoms with Crippen molar-refractivity contribution in [1.82, 2.24) is 0 Å². The Bertz CT molecular complexity index is 1230. The lowest BCUT2D eigenvalue weighted by molar-refractivity contribution is -0.113. The van der Waals surface area contributed by atoms with Gasteiger partial charge < -0.3 is 13.9 Å². The van der Waals surface area contributed by atoms with E-state index in [4.69, 9.17) is 26.1 Å². The van der Waals surface area contributed by atoms with E-state index in [1.54, 1.807) is 55.7 Å². The highest BCUT2D eigenvalue weighted by atomic mass is 32.2. The van der Waals surface area contributed by atoms with E-state index in [0.717, 1.165) is 18.4 Å². The fraction of sp³-hybridized carbons (Fsp3) is 0.192. The molecule has 0 aliphatic carbocycles. The van der Waals surface area contributed by atoms with Crippen molar-refractivity contribution in [3.63, 3.8) is 0 Å². The van der Waals surface area contributed by atoms with E-state index in [1.165, 1.54) is 16.7 Å². The molecule has 0 radical (unpaired) electrons. The van der Waals surface area contributed by atoms with Crippen LogP contribution in [0.3, 0.4) is 0 Å². The minimum Gasteiger partial charge on any atom is -0.497 e. The Labute approximate surface area is 207 Å².